The van der Waals surface area contributed by atoms with E-state index in [-0.39, 0.29) is 0 Å². The van der Waals surface area contributed by atoms with E-state index in [0.717, 1.165) is 0 Å². The predicted molar refractivity (Wildman–Crippen MR) is 99.7 cm³/mol. The minimum atomic E-state index is 1.18. The minimum absolute atomic E-state index is 1.18. The Balaban J connectivity index is 1.79. The molecule has 0 aromatic heterocycles. The Morgan fingerprint density at radius 1 is 1.00 bits per heavy atom. The molecule has 0 unspecified atom stereocenters. The number of hydrogen-bond donors (Lipinski definition) is 0. The summed E-state index contributed by atoms with van der Waals surface area (Å²) in [6.45, 7) is 2.36. The summed E-state index contributed by atoms with van der Waals surface area (Å²) in [5.74, 6) is 0. The van der Waals surface area contributed by atoms with E-state index in [1.807, 2.05) is 0 Å². The van der Waals surface area contributed by atoms with Crippen molar-refractivity contribution in [2.45, 2.75) is 12.8 Å². The Morgan fingerprint density at radius 3 is 2.27 bits per heavy atom. The summed E-state index contributed by atoms with van der Waals surface area (Å²) in [6, 6.07) is 8.53. The number of benzene rings is 1. The summed E-state index contributed by atoms with van der Waals surface area (Å²) >= 11 is 3.15. The Hall–Kier alpha value is -1.57. The van der Waals surface area contributed by atoms with Gasteiger partial charge in [0.05, 0.1) is 0 Å². The van der Waals surface area contributed by atoms with Crippen molar-refractivity contribution >= 4 is 31.9 Å². The van der Waals surface area contributed by atoms with Crippen LogP contribution in [0.3, 0.4) is 0 Å². The molecule has 0 amide bonds. The Labute approximate surface area is 142 Å². The maximum atomic E-state index is 3.15. The predicted octanol–water partition coefficient (Wildman–Crippen LogP) is 3.27. The van der Waals surface area contributed by atoms with Crippen molar-refractivity contribution in [1.82, 2.24) is 4.90 Å². The first-order valence-electron chi connectivity index (χ1n) is 7.74. The van der Waals surface area contributed by atoms with Gasteiger partial charge in [0.25, 0.3) is 0 Å². The van der Waals surface area contributed by atoms with Gasteiger partial charge in [0.15, 0.2) is 0 Å². The van der Waals surface area contributed by atoms with Crippen LogP contribution in [-0.4, -0.2) is 52.2 Å². The summed E-state index contributed by atoms with van der Waals surface area (Å²) in [6.07, 6.45) is 15.2. The van der Waals surface area contributed by atoms with E-state index >= 15 is 0 Å². The molecule has 0 atom stereocenters. The third-order valence-electron chi connectivity index (χ3n) is 3.69. The fourth-order valence-corrected chi connectivity index (χ4v) is 2.91. The first-order valence-corrected chi connectivity index (χ1v) is 8.60. The van der Waals surface area contributed by atoms with Crippen LogP contribution in [0.2, 0.25) is 0 Å². The number of allylic oxidation sites excluding steroid dienone is 4. The average molecular weight is 359 g/mol. The first-order chi connectivity index (χ1) is 10.7. The van der Waals surface area contributed by atoms with Gasteiger partial charge in [0.1, 0.15) is 0 Å². The van der Waals surface area contributed by atoms with Crippen LogP contribution in [0.15, 0.2) is 54.6 Å². The van der Waals surface area contributed by atoms with E-state index in [4.69, 9.17) is 0 Å². The van der Waals surface area contributed by atoms with E-state index in [1.54, 1.807) is 0 Å². The zero-order valence-electron chi connectivity index (χ0n) is 13.4. The number of anilines is 1. The van der Waals surface area contributed by atoms with Gasteiger partial charge in [0, 0.05) is 14.1 Å². The second-order valence-corrected chi connectivity index (χ2v) is 6.50. The molecule has 1 aliphatic rings. The van der Waals surface area contributed by atoms with Crippen LogP contribution in [0.4, 0.5) is 5.69 Å². The number of nitrogens with zero attached hydrogens (tertiary/aromatic N) is 2. The SMILES string of the molecule is CN(C)c1ccc(/C=C/C=C/C=C/C(=[Se])N2CCCC2)cc1. The maximum absolute atomic E-state index is 3.15. The molecule has 1 aliphatic heterocycles. The Kier molecular flexibility index (Phi) is 6.70. The van der Waals surface area contributed by atoms with Crippen molar-refractivity contribution in [2.24, 2.45) is 0 Å². The molecule has 1 aromatic rings. The monoisotopic (exact) mass is 360 g/mol. The van der Waals surface area contributed by atoms with Gasteiger partial charge in [-0.2, -0.15) is 0 Å². The zero-order valence-corrected chi connectivity index (χ0v) is 15.1. The van der Waals surface area contributed by atoms with Gasteiger partial charge in [-0.25, -0.2) is 0 Å². The summed E-state index contributed by atoms with van der Waals surface area (Å²) in [7, 11) is 4.11. The quantitative estimate of drug-likeness (QED) is 0.568. The number of hydrogen-bond acceptors (Lipinski definition) is 2. The van der Waals surface area contributed by atoms with Crippen molar-refractivity contribution in [3.63, 3.8) is 0 Å². The van der Waals surface area contributed by atoms with Crippen molar-refractivity contribution in [2.75, 3.05) is 32.1 Å². The van der Waals surface area contributed by atoms with Gasteiger partial charge in [-0.15, -0.1) is 0 Å². The van der Waals surface area contributed by atoms with Crippen molar-refractivity contribution < 1.29 is 0 Å². The molecule has 0 bridgehead atoms. The van der Waals surface area contributed by atoms with Gasteiger partial charge in [-0.1, -0.05) is 0 Å². The zero-order chi connectivity index (χ0) is 15.8. The summed E-state index contributed by atoms with van der Waals surface area (Å²) in [5.41, 5.74) is 2.44. The number of rotatable bonds is 6. The normalized spacial score (nSPS) is 15.5. The van der Waals surface area contributed by atoms with Crippen LogP contribution in [0.1, 0.15) is 18.4 Å². The Morgan fingerprint density at radius 2 is 1.64 bits per heavy atom. The molecule has 1 fully saturated rings. The molecule has 0 aliphatic carbocycles. The fraction of sp³-hybridized carbons (Fsp3) is 0.316. The van der Waals surface area contributed by atoms with Gasteiger partial charge in [-0.05, 0) is 0 Å². The summed E-state index contributed by atoms with van der Waals surface area (Å²) in [5, 5.41) is 0. The Bertz CT molecular complexity index is 562. The molecule has 0 N–H and O–H groups in total. The van der Waals surface area contributed by atoms with Crippen LogP contribution in [0.25, 0.3) is 6.08 Å². The molecular formula is C19H24N2Se. The average Bonchev–Trinajstić information content (AvgIpc) is 3.05. The van der Waals surface area contributed by atoms with E-state index in [1.165, 1.54) is 41.7 Å². The van der Waals surface area contributed by atoms with E-state index in [9.17, 15) is 0 Å². The van der Waals surface area contributed by atoms with Gasteiger partial charge >= 0.3 is 128 Å². The third-order valence-corrected chi connectivity index (χ3v) is 4.52. The van der Waals surface area contributed by atoms with Crippen molar-refractivity contribution in [1.29, 1.82) is 0 Å². The molecule has 0 radical (unpaired) electrons. The van der Waals surface area contributed by atoms with E-state index < -0.39 is 0 Å². The van der Waals surface area contributed by atoms with Gasteiger partial charge in [-0.3, -0.25) is 0 Å². The van der Waals surface area contributed by atoms with Crippen LogP contribution in [0, 0.1) is 0 Å². The molecule has 0 saturated carbocycles. The molecule has 0 spiro atoms. The molecule has 2 nitrogen and oxygen atoms in total. The molecule has 1 saturated heterocycles. The number of likely N-dealkylation sites (tertiary alicyclic amines) is 1. The van der Waals surface area contributed by atoms with E-state index in [2.05, 4.69) is 100 Å². The van der Waals surface area contributed by atoms with Crippen LogP contribution >= 0.6 is 0 Å². The van der Waals surface area contributed by atoms with Gasteiger partial charge < -0.3 is 0 Å². The van der Waals surface area contributed by atoms with Crippen LogP contribution < -0.4 is 4.90 Å². The van der Waals surface area contributed by atoms with Crippen molar-refractivity contribution in [3.8, 4) is 0 Å². The fourth-order valence-electron chi connectivity index (χ4n) is 2.36. The second kappa shape index (κ2) is 8.77. The molecule has 22 heavy (non-hydrogen) atoms. The van der Waals surface area contributed by atoms with Gasteiger partial charge in [0.2, 0.25) is 0 Å². The van der Waals surface area contributed by atoms with Crippen LogP contribution in [0.5, 0.6) is 0 Å². The molecule has 3 heteroatoms. The molecular weight excluding hydrogens is 335 g/mol. The summed E-state index contributed by atoms with van der Waals surface area (Å²) in [4.78, 5) is 4.50. The van der Waals surface area contributed by atoms with E-state index in [0.29, 0.717) is 0 Å². The standard InChI is InChI=1S/C19H24N2Se/c1-20(2)18-13-11-17(12-14-18)9-5-3-4-6-10-19(22)21-15-7-8-16-21/h3-6,9-14H,7-8,15-16H2,1-2H3/b4-3+,9-5+,10-6+. The van der Waals surface area contributed by atoms with Crippen LogP contribution in [-0.2, 0) is 0 Å². The second-order valence-electron chi connectivity index (χ2n) is 5.62. The topological polar surface area (TPSA) is 6.48 Å². The first kappa shape index (κ1) is 16.8. The van der Waals surface area contributed by atoms with Crippen molar-refractivity contribution in [3.05, 3.63) is 60.2 Å². The third kappa shape index (κ3) is 5.32. The molecule has 2 rings (SSSR count). The molecule has 116 valence electrons. The molecule has 1 heterocycles. The summed E-state index contributed by atoms with van der Waals surface area (Å²) < 4.78 is 1.24. The molecule has 1 aromatic carbocycles.